The zero-order valence-electron chi connectivity index (χ0n) is 21.9. The van der Waals surface area contributed by atoms with Crippen molar-refractivity contribution in [2.24, 2.45) is 7.05 Å². The molecule has 37 heavy (non-hydrogen) atoms. The number of hydrogen-bond acceptors (Lipinski definition) is 6. The minimum atomic E-state index is -0.0766. The average Bonchev–Trinajstić information content (AvgIpc) is 3.50. The molecule has 0 saturated carbocycles. The molecule has 3 aromatic rings. The van der Waals surface area contributed by atoms with E-state index in [0.29, 0.717) is 19.6 Å². The fourth-order valence-corrected chi connectivity index (χ4v) is 5.29. The molecule has 1 N–H and O–H groups in total. The van der Waals surface area contributed by atoms with Gasteiger partial charge in [0.25, 0.3) is 5.91 Å². The molecule has 0 spiro atoms. The fraction of sp³-hybridized carbons (Fsp3) is 0.464. The Morgan fingerprint density at radius 2 is 1.73 bits per heavy atom. The maximum Gasteiger partial charge on any atom is 0.256 e. The highest BCUT2D eigenvalue weighted by atomic mass is 16.2. The van der Waals surface area contributed by atoms with Crippen molar-refractivity contribution in [3.05, 3.63) is 59.8 Å². The number of hydrazine groups is 1. The number of likely N-dealkylation sites (N-methyl/N-ethyl adjacent to an activating group) is 1. The highest BCUT2D eigenvalue weighted by Gasteiger charge is 2.26. The van der Waals surface area contributed by atoms with Crippen LogP contribution in [-0.2, 0) is 29.7 Å². The van der Waals surface area contributed by atoms with Crippen molar-refractivity contribution >= 4 is 28.4 Å². The third-order valence-electron chi connectivity index (χ3n) is 7.44. The van der Waals surface area contributed by atoms with Gasteiger partial charge in [0.1, 0.15) is 0 Å². The molecule has 1 fully saturated rings. The number of fused-ring (bicyclic) bond motifs is 2. The van der Waals surface area contributed by atoms with E-state index in [1.165, 1.54) is 30.4 Å². The van der Waals surface area contributed by atoms with Crippen LogP contribution >= 0.6 is 0 Å². The fourth-order valence-electron chi connectivity index (χ4n) is 5.29. The van der Waals surface area contributed by atoms with Crippen LogP contribution in [-0.4, -0.2) is 82.8 Å². The van der Waals surface area contributed by atoms with E-state index in [1.807, 2.05) is 60.5 Å². The van der Waals surface area contributed by atoms with E-state index >= 15 is 0 Å². The smallest absolute Gasteiger partial charge is 0.256 e. The van der Waals surface area contributed by atoms with Gasteiger partial charge in [-0.15, -0.1) is 0 Å². The van der Waals surface area contributed by atoms with Crippen LogP contribution in [0.4, 0.5) is 5.69 Å². The number of nitrogens with zero attached hydrogens (tertiary/aromatic N) is 6. The van der Waals surface area contributed by atoms with Gasteiger partial charge in [-0.05, 0) is 55.3 Å². The summed E-state index contributed by atoms with van der Waals surface area (Å²) in [4.78, 5) is 30.7. The third-order valence-corrected chi connectivity index (χ3v) is 7.44. The topological polar surface area (TPSA) is 77.0 Å². The molecule has 1 aromatic heterocycles. The van der Waals surface area contributed by atoms with Crippen LogP contribution in [0.3, 0.4) is 0 Å². The van der Waals surface area contributed by atoms with Crippen molar-refractivity contribution in [1.29, 1.82) is 0 Å². The summed E-state index contributed by atoms with van der Waals surface area (Å²) in [5, 5.41) is 12.2. The first kappa shape index (κ1) is 25.2. The molecule has 2 amide bonds. The summed E-state index contributed by atoms with van der Waals surface area (Å²) in [5.74, 6) is -0.132. The Morgan fingerprint density at radius 3 is 2.46 bits per heavy atom. The molecule has 196 valence electrons. The predicted molar refractivity (Wildman–Crippen MR) is 145 cm³/mol. The Hall–Kier alpha value is -3.43. The standard InChI is InChI=1S/C28H37N7O2/c1-31-17-24-16-25(10-11-26(24)30-31)34(20-27(36)29-12-15-33-13-6-3-7-14-33)21-28(37)32(2)35-18-22-8-4-5-9-23(22)19-35/h4-5,8-11,16-17H,3,6-7,12-15,18-21H2,1-2H3,(H,29,36). The van der Waals surface area contributed by atoms with Crippen LogP contribution in [0, 0.1) is 0 Å². The SMILES string of the molecule is CN(C(=O)CN(CC(=O)NCCN1CCCCC1)c1ccc2nn(C)cc2c1)N1Cc2ccccc2C1. The summed E-state index contributed by atoms with van der Waals surface area (Å²) in [5.41, 5.74) is 4.21. The number of aromatic nitrogens is 2. The summed E-state index contributed by atoms with van der Waals surface area (Å²) in [7, 11) is 3.70. The van der Waals surface area contributed by atoms with E-state index in [-0.39, 0.29) is 24.9 Å². The highest BCUT2D eigenvalue weighted by molar-refractivity contribution is 5.89. The third kappa shape index (κ3) is 6.11. The summed E-state index contributed by atoms with van der Waals surface area (Å²) >= 11 is 0. The largest absolute Gasteiger partial charge is 0.353 e. The molecule has 2 aromatic carbocycles. The van der Waals surface area contributed by atoms with Gasteiger partial charge >= 0.3 is 0 Å². The zero-order chi connectivity index (χ0) is 25.8. The molecule has 5 rings (SSSR count). The van der Waals surface area contributed by atoms with Crippen molar-refractivity contribution in [1.82, 2.24) is 30.0 Å². The molecular weight excluding hydrogens is 466 g/mol. The lowest BCUT2D eigenvalue weighted by Crippen LogP contribution is -2.48. The number of likely N-dealkylation sites (tertiary alicyclic amines) is 1. The van der Waals surface area contributed by atoms with Gasteiger partial charge in [-0.25, -0.2) is 5.01 Å². The molecule has 0 unspecified atom stereocenters. The molecule has 0 aliphatic carbocycles. The second-order valence-corrected chi connectivity index (χ2v) is 10.2. The molecule has 3 heterocycles. The lowest BCUT2D eigenvalue weighted by molar-refractivity contribution is -0.145. The van der Waals surface area contributed by atoms with Crippen LogP contribution in [0.2, 0.25) is 0 Å². The Balaban J connectivity index is 1.25. The Morgan fingerprint density at radius 1 is 1.00 bits per heavy atom. The number of hydrogen-bond donors (Lipinski definition) is 1. The van der Waals surface area contributed by atoms with Gasteiger partial charge in [-0.3, -0.25) is 19.3 Å². The number of carbonyl (C=O) groups is 2. The molecule has 9 heteroatoms. The van der Waals surface area contributed by atoms with Crippen molar-refractivity contribution < 1.29 is 9.59 Å². The lowest BCUT2D eigenvalue weighted by atomic mass is 10.1. The Labute approximate surface area is 218 Å². The first-order valence-corrected chi connectivity index (χ1v) is 13.2. The molecule has 1 saturated heterocycles. The van der Waals surface area contributed by atoms with Gasteiger partial charge in [-0.2, -0.15) is 5.10 Å². The molecule has 9 nitrogen and oxygen atoms in total. The summed E-state index contributed by atoms with van der Waals surface area (Å²) in [6.07, 6.45) is 5.71. The summed E-state index contributed by atoms with van der Waals surface area (Å²) in [6.45, 7) is 5.33. The van der Waals surface area contributed by atoms with Crippen LogP contribution in [0.25, 0.3) is 10.9 Å². The summed E-state index contributed by atoms with van der Waals surface area (Å²) < 4.78 is 1.77. The number of rotatable bonds is 9. The van der Waals surface area contributed by atoms with Crippen LogP contribution in [0.15, 0.2) is 48.7 Å². The van der Waals surface area contributed by atoms with Gasteiger partial charge in [-0.1, -0.05) is 30.7 Å². The minimum Gasteiger partial charge on any atom is -0.353 e. The van der Waals surface area contributed by atoms with E-state index in [1.54, 1.807) is 9.69 Å². The van der Waals surface area contributed by atoms with Gasteiger partial charge in [0.2, 0.25) is 5.91 Å². The molecule has 0 atom stereocenters. The number of amides is 2. The highest BCUT2D eigenvalue weighted by Crippen LogP contribution is 2.24. The van der Waals surface area contributed by atoms with Crippen LogP contribution < -0.4 is 10.2 Å². The number of piperidine rings is 1. The molecule has 2 aliphatic rings. The van der Waals surface area contributed by atoms with Gasteiger partial charge < -0.3 is 15.1 Å². The quantitative estimate of drug-likeness (QED) is 0.483. The number of anilines is 1. The van der Waals surface area contributed by atoms with Crippen molar-refractivity contribution in [3.8, 4) is 0 Å². The van der Waals surface area contributed by atoms with Crippen molar-refractivity contribution in [3.63, 3.8) is 0 Å². The lowest BCUT2D eigenvalue weighted by Gasteiger charge is -2.31. The van der Waals surface area contributed by atoms with E-state index in [9.17, 15) is 9.59 Å². The van der Waals surface area contributed by atoms with Crippen molar-refractivity contribution in [2.45, 2.75) is 32.4 Å². The Bertz CT molecular complexity index is 1230. The number of nitrogens with one attached hydrogen (secondary N) is 1. The van der Waals surface area contributed by atoms with Gasteiger partial charge in [0.15, 0.2) is 0 Å². The second kappa shape index (κ2) is 11.3. The van der Waals surface area contributed by atoms with Gasteiger partial charge in [0.05, 0.1) is 18.6 Å². The average molecular weight is 504 g/mol. The first-order chi connectivity index (χ1) is 18.0. The van der Waals surface area contributed by atoms with E-state index in [0.717, 1.165) is 36.2 Å². The van der Waals surface area contributed by atoms with Gasteiger partial charge in [0, 0.05) is 57.5 Å². The number of benzene rings is 2. The van der Waals surface area contributed by atoms with E-state index in [4.69, 9.17) is 0 Å². The summed E-state index contributed by atoms with van der Waals surface area (Å²) in [6, 6.07) is 14.2. The molecule has 0 radical (unpaired) electrons. The molecule has 2 aliphatic heterocycles. The molecular formula is C28H37N7O2. The first-order valence-electron chi connectivity index (χ1n) is 13.2. The van der Waals surface area contributed by atoms with Crippen molar-refractivity contribution in [2.75, 3.05) is 51.2 Å². The maximum absolute atomic E-state index is 13.4. The number of carbonyl (C=O) groups excluding carboxylic acids is 2. The monoisotopic (exact) mass is 503 g/mol. The number of aryl methyl sites for hydroxylation is 1. The van der Waals surface area contributed by atoms with E-state index < -0.39 is 0 Å². The normalized spacial score (nSPS) is 16.1. The van der Waals surface area contributed by atoms with Crippen LogP contribution in [0.1, 0.15) is 30.4 Å². The molecule has 0 bridgehead atoms. The Kier molecular flexibility index (Phi) is 7.71. The maximum atomic E-state index is 13.4. The minimum absolute atomic E-state index is 0.0554. The predicted octanol–water partition coefficient (Wildman–Crippen LogP) is 2.37. The van der Waals surface area contributed by atoms with Crippen LogP contribution in [0.5, 0.6) is 0 Å². The van der Waals surface area contributed by atoms with E-state index in [2.05, 4.69) is 27.4 Å². The zero-order valence-corrected chi connectivity index (χ0v) is 21.9. The second-order valence-electron chi connectivity index (χ2n) is 10.2.